The molecule has 4 aliphatic rings. The number of phenols is 3. The third kappa shape index (κ3) is 16.9. The Morgan fingerprint density at radius 1 is 0.328 bits per heavy atom. The quantitative estimate of drug-likeness (QED) is 0.232. The molecule has 3 N–H and O–H groups in total. The van der Waals surface area contributed by atoms with Crippen molar-refractivity contribution in [2.75, 3.05) is 0 Å². The fourth-order valence-electron chi connectivity index (χ4n) is 12.9. The van der Waals surface area contributed by atoms with E-state index in [0.29, 0.717) is 38.9 Å². The van der Waals surface area contributed by atoms with Crippen LogP contribution >= 0.6 is 0 Å². The molecule has 3 aromatic rings. The number of phenolic OH excluding ortho intramolecular Hbond substituents is 3. The van der Waals surface area contributed by atoms with Crippen LogP contribution in [0.1, 0.15) is 186 Å². The molecule has 8 atom stereocenters. The summed E-state index contributed by atoms with van der Waals surface area (Å²) in [5.41, 5.74) is 2.35. The van der Waals surface area contributed by atoms with Gasteiger partial charge in [0.15, 0.2) is 0 Å². The zero-order valence-corrected chi connectivity index (χ0v) is 41.4. The predicted octanol–water partition coefficient (Wildman–Crippen LogP) is 17.6. The average Bonchev–Trinajstić information content (AvgIpc) is 3.21. The Morgan fingerprint density at radius 3 is 0.623 bits per heavy atom. The second-order valence-corrected chi connectivity index (χ2v) is 22.5. The largest absolute Gasteiger partial charge is 0.508 e. The first kappa shape index (κ1) is 52.4. The third-order valence-corrected chi connectivity index (χ3v) is 16.7. The van der Waals surface area contributed by atoms with Gasteiger partial charge in [-0.3, -0.25) is 0 Å². The molecule has 3 aromatic carbocycles. The van der Waals surface area contributed by atoms with Gasteiger partial charge < -0.3 is 15.3 Å². The predicted molar refractivity (Wildman–Crippen MR) is 264 cm³/mol. The Bertz CT molecular complexity index is 1360. The standard InChI is InChI=1S/2C20H38.3C6H6O/c2*1-7-17-11-9-15(13-19(17,3)4)16-10-12-18(8-2)20(5,6)14-16;3*7-6-4-2-1-3-5-6/h2*15-18H,7-14H2,1-6H3;3*1-5,7H. The number of benzene rings is 3. The average molecular weight is 839 g/mol. The maximum absolute atomic E-state index is 8.63. The van der Waals surface area contributed by atoms with E-state index in [1.807, 2.05) is 18.2 Å². The lowest BCUT2D eigenvalue weighted by molar-refractivity contribution is 0.00987. The summed E-state index contributed by atoms with van der Waals surface area (Å²) >= 11 is 0. The lowest BCUT2D eigenvalue weighted by atomic mass is 9.56. The van der Waals surface area contributed by atoms with E-state index in [4.69, 9.17) is 15.3 Å². The molecule has 0 aromatic heterocycles. The number of para-hydroxylation sites is 3. The maximum atomic E-state index is 8.63. The minimum atomic E-state index is 0.322. The van der Waals surface area contributed by atoms with Gasteiger partial charge >= 0.3 is 0 Å². The Labute approximate surface area is 377 Å². The summed E-state index contributed by atoms with van der Waals surface area (Å²) in [5, 5.41) is 25.9. The van der Waals surface area contributed by atoms with Gasteiger partial charge in [0.2, 0.25) is 0 Å². The highest BCUT2D eigenvalue weighted by molar-refractivity contribution is 5.19. The minimum absolute atomic E-state index is 0.322. The lowest BCUT2D eigenvalue weighted by Gasteiger charge is -2.49. The van der Waals surface area contributed by atoms with Crippen LogP contribution in [0.15, 0.2) is 91.0 Å². The summed E-state index contributed by atoms with van der Waals surface area (Å²) in [5.74, 6) is 8.92. The van der Waals surface area contributed by atoms with Gasteiger partial charge in [-0.1, -0.05) is 163 Å². The van der Waals surface area contributed by atoms with E-state index in [1.165, 1.54) is 103 Å². The monoisotopic (exact) mass is 839 g/mol. The van der Waals surface area contributed by atoms with Crippen molar-refractivity contribution in [3.05, 3.63) is 91.0 Å². The molecule has 0 aliphatic heterocycles. The topological polar surface area (TPSA) is 60.7 Å². The normalized spacial score (nSPS) is 29.5. The van der Waals surface area contributed by atoms with E-state index in [1.54, 1.807) is 72.8 Å². The highest BCUT2D eigenvalue weighted by atomic mass is 16.3. The summed E-state index contributed by atoms with van der Waals surface area (Å²) in [6.45, 7) is 29.9. The smallest absolute Gasteiger partial charge is 0.115 e. The lowest BCUT2D eigenvalue weighted by Crippen LogP contribution is -2.39. The van der Waals surface area contributed by atoms with Crippen molar-refractivity contribution in [3.8, 4) is 17.2 Å². The van der Waals surface area contributed by atoms with Crippen LogP contribution in [0.25, 0.3) is 0 Å². The van der Waals surface area contributed by atoms with Gasteiger partial charge in [0, 0.05) is 0 Å². The number of hydrogen-bond donors (Lipinski definition) is 3. The van der Waals surface area contributed by atoms with E-state index < -0.39 is 0 Å². The van der Waals surface area contributed by atoms with Gasteiger partial charge in [-0.2, -0.15) is 0 Å². The van der Waals surface area contributed by atoms with Crippen LogP contribution in [0.5, 0.6) is 17.2 Å². The molecule has 3 nitrogen and oxygen atoms in total. The second-order valence-electron chi connectivity index (χ2n) is 22.5. The SMILES string of the molecule is CCC1CCC(C2CCC(CC)C(C)(C)C2)CC1(C)C.CCC1CCC(C2CCC(CC)C(C)(C)C2)CC1(C)C.Oc1ccccc1.Oc1ccccc1.Oc1ccccc1. The molecule has 4 fully saturated rings. The van der Waals surface area contributed by atoms with E-state index in [-0.39, 0.29) is 0 Å². The summed E-state index contributed by atoms with van der Waals surface area (Å²) in [7, 11) is 0. The molecule has 61 heavy (non-hydrogen) atoms. The van der Waals surface area contributed by atoms with Crippen LogP contribution in [-0.2, 0) is 0 Å². The van der Waals surface area contributed by atoms with Gasteiger partial charge in [-0.25, -0.2) is 0 Å². The number of rotatable bonds is 6. The number of hydrogen-bond acceptors (Lipinski definition) is 3. The molecule has 0 spiro atoms. The third-order valence-electron chi connectivity index (χ3n) is 16.7. The zero-order chi connectivity index (χ0) is 45.3. The first-order valence-corrected chi connectivity index (χ1v) is 25.0. The molecule has 0 amide bonds. The molecule has 8 unspecified atom stereocenters. The molecule has 7 rings (SSSR count). The number of aromatic hydroxyl groups is 3. The van der Waals surface area contributed by atoms with Crippen LogP contribution in [0.2, 0.25) is 0 Å². The highest BCUT2D eigenvalue weighted by Crippen LogP contribution is 2.55. The first-order valence-electron chi connectivity index (χ1n) is 25.0. The highest BCUT2D eigenvalue weighted by Gasteiger charge is 2.44. The molecule has 344 valence electrons. The summed E-state index contributed by atoms with van der Waals surface area (Å²) in [4.78, 5) is 0. The van der Waals surface area contributed by atoms with E-state index in [0.717, 1.165) is 47.3 Å². The van der Waals surface area contributed by atoms with Crippen molar-refractivity contribution in [2.45, 2.75) is 186 Å². The van der Waals surface area contributed by atoms with Gasteiger partial charge in [0.25, 0.3) is 0 Å². The van der Waals surface area contributed by atoms with Gasteiger partial charge in [-0.05, 0) is 182 Å². The molecule has 0 saturated heterocycles. The summed E-state index contributed by atoms with van der Waals surface area (Å²) in [6, 6.07) is 26.1. The molecule has 0 radical (unpaired) electrons. The van der Waals surface area contributed by atoms with Crippen LogP contribution in [0.4, 0.5) is 0 Å². The van der Waals surface area contributed by atoms with Gasteiger partial charge in [0.05, 0.1) is 0 Å². The molecule has 0 heterocycles. The van der Waals surface area contributed by atoms with Crippen molar-refractivity contribution in [2.24, 2.45) is 69.0 Å². The minimum Gasteiger partial charge on any atom is -0.508 e. The van der Waals surface area contributed by atoms with Gasteiger partial charge in [-0.15, -0.1) is 0 Å². The van der Waals surface area contributed by atoms with Crippen LogP contribution in [0, 0.1) is 69.0 Å². The van der Waals surface area contributed by atoms with Crippen molar-refractivity contribution < 1.29 is 15.3 Å². The Hall–Kier alpha value is -2.94. The van der Waals surface area contributed by atoms with Crippen molar-refractivity contribution >= 4 is 0 Å². The first-order chi connectivity index (χ1) is 28.8. The zero-order valence-electron chi connectivity index (χ0n) is 41.4. The van der Waals surface area contributed by atoms with Crippen molar-refractivity contribution in [3.63, 3.8) is 0 Å². The fraction of sp³-hybridized carbons (Fsp3) is 0.690. The van der Waals surface area contributed by atoms with Crippen molar-refractivity contribution in [1.29, 1.82) is 0 Å². The fourth-order valence-corrected chi connectivity index (χ4v) is 12.9. The molecule has 3 heteroatoms. The van der Waals surface area contributed by atoms with Crippen LogP contribution in [-0.4, -0.2) is 15.3 Å². The second kappa shape index (κ2) is 24.8. The van der Waals surface area contributed by atoms with E-state index in [9.17, 15) is 0 Å². The van der Waals surface area contributed by atoms with Crippen LogP contribution < -0.4 is 0 Å². The molecular weight excluding hydrogens is 745 g/mol. The Morgan fingerprint density at radius 2 is 0.508 bits per heavy atom. The molecule has 4 saturated carbocycles. The van der Waals surface area contributed by atoms with E-state index >= 15 is 0 Å². The summed E-state index contributed by atoms with van der Waals surface area (Å²) in [6.07, 6.45) is 23.5. The Balaban J connectivity index is 0.000000223. The van der Waals surface area contributed by atoms with E-state index in [2.05, 4.69) is 83.1 Å². The summed E-state index contributed by atoms with van der Waals surface area (Å²) < 4.78 is 0. The van der Waals surface area contributed by atoms with Crippen molar-refractivity contribution in [1.82, 2.24) is 0 Å². The molecular formula is C58H94O3. The molecule has 0 bridgehead atoms. The van der Waals surface area contributed by atoms with Gasteiger partial charge in [0.1, 0.15) is 17.2 Å². The molecule has 4 aliphatic carbocycles. The van der Waals surface area contributed by atoms with Crippen LogP contribution in [0.3, 0.4) is 0 Å². The Kier molecular flexibility index (Phi) is 21.3. The maximum Gasteiger partial charge on any atom is 0.115 e.